The number of aromatic nitrogens is 2. The zero-order valence-electron chi connectivity index (χ0n) is 6.39. The second-order valence-electron chi connectivity index (χ2n) is 2.32. The van der Waals surface area contributed by atoms with Crippen molar-refractivity contribution in [2.75, 3.05) is 0 Å². The van der Waals surface area contributed by atoms with Crippen LogP contribution in [0.4, 0.5) is 0 Å². The normalized spacial score (nSPS) is 11.5. The Morgan fingerprint density at radius 3 is 2.77 bits per heavy atom. The van der Waals surface area contributed by atoms with Crippen LogP contribution in [-0.2, 0) is 15.9 Å². The van der Waals surface area contributed by atoms with Gasteiger partial charge >= 0.3 is 0 Å². The van der Waals surface area contributed by atoms with Gasteiger partial charge in [0.2, 0.25) is 0 Å². The molecule has 0 unspecified atom stereocenters. The van der Waals surface area contributed by atoms with Gasteiger partial charge in [0.1, 0.15) is 11.4 Å². The summed E-state index contributed by atoms with van der Waals surface area (Å²) in [5.41, 5.74) is 4.68. The molecule has 0 aromatic carbocycles. The van der Waals surface area contributed by atoms with Crippen LogP contribution in [0.3, 0.4) is 0 Å². The molecule has 72 valence electrons. The first-order valence-electron chi connectivity index (χ1n) is 3.17. The molecule has 13 heavy (non-hydrogen) atoms. The lowest BCUT2D eigenvalue weighted by molar-refractivity contribution is 0.0995. The first-order valence-corrected chi connectivity index (χ1v) is 4.78. The van der Waals surface area contributed by atoms with Gasteiger partial charge in [-0.3, -0.25) is 9.35 Å². The third-order valence-electron chi connectivity index (χ3n) is 1.28. The number of H-pyrrole nitrogens is 1. The minimum Gasteiger partial charge on any atom is -0.364 e. The van der Waals surface area contributed by atoms with Crippen molar-refractivity contribution in [1.29, 1.82) is 0 Å². The smallest absolute Gasteiger partial charge is 0.270 e. The van der Waals surface area contributed by atoms with E-state index < -0.39 is 21.8 Å². The number of primary amides is 1. The fourth-order valence-electron chi connectivity index (χ4n) is 0.826. The number of hydrogen-bond acceptors (Lipinski definition) is 4. The molecule has 1 aromatic rings. The molecule has 1 rings (SSSR count). The highest BCUT2D eigenvalue weighted by Gasteiger charge is 2.16. The van der Waals surface area contributed by atoms with Crippen LogP contribution in [0.1, 0.15) is 16.2 Å². The van der Waals surface area contributed by atoms with Gasteiger partial charge in [0.15, 0.2) is 0 Å². The molecular formula is C5H7N3O4S. The Balaban J connectivity index is 3.02. The van der Waals surface area contributed by atoms with E-state index in [0.29, 0.717) is 0 Å². The van der Waals surface area contributed by atoms with Crippen LogP contribution in [0, 0.1) is 0 Å². The zero-order chi connectivity index (χ0) is 10.1. The molecular weight excluding hydrogens is 198 g/mol. The Morgan fingerprint density at radius 2 is 2.31 bits per heavy atom. The van der Waals surface area contributed by atoms with E-state index in [0.717, 1.165) is 6.33 Å². The summed E-state index contributed by atoms with van der Waals surface area (Å²) < 4.78 is 29.3. The lowest BCUT2D eigenvalue weighted by atomic mass is 10.3. The van der Waals surface area contributed by atoms with Gasteiger partial charge < -0.3 is 10.7 Å². The molecule has 0 fully saturated rings. The third-order valence-corrected chi connectivity index (χ3v) is 1.93. The van der Waals surface area contributed by atoms with Gasteiger partial charge in [-0.2, -0.15) is 8.42 Å². The minimum absolute atomic E-state index is 0.0185. The molecule has 0 saturated heterocycles. The zero-order valence-corrected chi connectivity index (χ0v) is 7.21. The average molecular weight is 205 g/mol. The summed E-state index contributed by atoms with van der Waals surface area (Å²) in [5.74, 6) is -1.55. The number of aromatic amines is 1. The SMILES string of the molecule is NC(=O)c1nc[nH]c1CS(=O)(=O)O. The number of amides is 1. The summed E-state index contributed by atoms with van der Waals surface area (Å²) in [6.07, 6.45) is 1.13. The van der Waals surface area contributed by atoms with E-state index in [1.807, 2.05) is 0 Å². The third kappa shape index (κ3) is 2.53. The molecule has 0 spiro atoms. The van der Waals surface area contributed by atoms with Crippen molar-refractivity contribution in [2.45, 2.75) is 5.75 Å². The first kappa shape index (κ1) is 9.68. The maximum Gasteiger partial charge on any atom is 0.270 e. The van der Waals surface area contributed by atoms with Gasteiger partial charge in [-0.05, 0) is 0 Å². The Morgan fingerprint density at radius 1 is 1.69 bits per heavy atom. The van der Waals surface area contributed by atoms with Crippen LogP contribution in [0.2, 0.25) is 0 Å². The summed E-state index contributed by atoms with van der Waals surface area (Å²) >= 11 is 0. The molecule has 0 aliphatic rings. The first-order chi connectivity index (χ1) is 5.90. The molecule has 0 radical (unpaired) electrons. The van der Waals surface area contributed by atoms with Crippen molar-refractivity contribution < 1.29 is 17.8 Å². The highest BCUT2D eigenvalue weighted by molar-refractivity contribution is 7.85. The van der Waals surface area contributed by atoms with E-state index in [-0.39, 0.29) is 11.4 Å². The molecule has 0 saturated carbocycles. The lowest BCUT2D eigenvalue weighted by Gasteiger charge is -1.95. The maximum absolute atomic E-state index is 10.6. The average Bonchev–Trinajstić information content (AvgIpc) is 2.31. The maximum atomic E-state index is 10.6. The van der Waals surface area contributed by atoms with Gasteiger partial charge in [-0.15, -0.1) is 0 Å². The summed E-state index contributed by atoms with van der Waals surface area (Å²) in [5, 5.41) is 0. The van der Waals surface area contributed by atoms with Crippen LogP contribution in [-0.4, -0.2) is 28.8 Å². The van der Waals surface area contributed by atoms with Crippen molar-refractivity contribution >= 4 is 16.0 Å². The number of nitrogens with one attached hydrogen (secondary N) is 1. The molecule has 0 atom stereocenters. The Bertz CT molecular complexity index is 421. The number of hydrogen-bond donors (Lipinski definition) is 3. The van der Waals surface area contributed by atoms with Gasteiger partial charge in [0.25, 0.3) is 16.0 Å². The van der Waals surface area contributed by atoms with Gasteiger partial charge in [0.05, 0.1) is 12.0 Å². The fraction of sp³-hybridized carbons (Fsp3) is 0.200. The van der Waals surface area contributed by atoms with Crippen molar-refractivity contribution in [1.82, 2.24) is 9.97 Å². The summed E-state index contributed by atoms with van der Waals surface area (Å²) in [6, 6.07) is 0. The molecule has 7 nitrogen and oxygen atoms in total. The van der Waals surface area contributed by atoms with E-state index in [1.165, 1.54) is 0 Å². The molecule has 0 aliphatic carbocycles. The number of imidazole rings is 1. The molecule has 1 aromatic heterocycles. The van der Waals surface area contributed by atoms with E-state index in [1.54, 1.807) is 0 Å². The standard InChI is InChI=1S/C5H7N3O4S/c6-5(9)4-3(7-2-8-4)1-13(10,11)12/h2H,1H2,(H2,6,9)(H,7,8)(H,10,11,12). The molecule has 8 heteroatoms. The molecule has 1 amide bonds. The van der Waals surface area contributed by atoms with E-state index in [2.05, 4.69) is 9.97 Å². The van der Waals surface area contributed by atoms with Crippen LogP contribution in [0.25, 0.3) is 0 Å². The Labute approximate surface area is 73.7 Å². The molecule has 1 heterocycles. The number of nitrogens with two attached hydrogens (primary N) is 1. The van der Waals surface area contributed by atoms with Gasteiger partial charge in [0, 0.05) is 0 Å². The lowest BCUT2D eigenvalue weighted by Crippen LogP contribution is -2.15. The van der Waals surface area contributed by atoms with Crippen molar-refractivity contribution in [3.8, 4) is 0 Å². The Hall–Kier alpha value is -1.41. The van der Waals surface area contributed by atoms with Crippen LogP contribution < -0.4 is 5.73 Å². The van der Waals surface area contributed by atoms with Crippen molar-refractivity contribution in [3.05, 3.63) is 17.7 Å². The fourth-order valence-corrected chi connectivity index (χ4v) is 1.41. The number of carbonyl (C=O) groups excluding carboxylic acids is 1. The van der Waals surface area contributed by atoms with Gasteiger partial charge in [-0.25, -0.2) is 4.98 Å². The highest BCUT2D eigenvalue weighted by Crippen LogP contribution is 2.05. The van der Waals surface area contributed by atoms with Crippen molar-refractivity contribution in [3.63, 3.8) is 0 Å². The monoisotopic (exact) mass is 205 g/mol. The summed E-state index contributed by atoms with van der Waals surface area (Å²) in [7, 11) is -4.18. The minimum atomic E-state index is -4.18. The summed E-state index contributed by atoms with van der Waals surface area (Å²) in [6.45, 7) is 0. The Kier molecular flexibility index (Phi) is 2.34. The van der Waals surface area contributed by atoms with Crippen LogP contribution >= 0.6 is 0 Å². The second kappa shape index (κ2) is 3.15. The van der Waals surface area contributed by atoms with Gasteiger partial charge in [-0.1, -0.05) is 0 Å². The number of rotatable bonds is 3. The summed E-state index contributed by atoms with van der Waals surface area (Å²) in [4.78, 5) is 16.5. The molecule has 0 bridgehead atoms. The quantitative estimate of drug-likeness (QED) is 0.539. The van der Waals surface area contributed by atoms with E-state index in [4.69, 9.17) is 10.3 Å². The van der Waals surface area contributed by atoms with Crippen LogP contribution in [0.5, 0.6) is 0 Å². The predicted octanol–water partition coefficient (Wildman–Crippen LogP) is -1.10. The molecule has 0 aliphatic heterocycles. The topological polar surface area (TPSA) is 126 Å². The largest absolute Gasteiger partial charge is 0.364 e. The van der Waals surface area contributed by atoms with Crippen LogP contribution in [0.15, 0.2) is 6.33 Å². The number of nitrogens with zero attached hydrogens (tertiary/aromatic N) is 1. The molecule has 4 N–H and O–H groups in total. The van der Waals surface area contributed by atoms with E-state index in [9.17, 15) is 13.2 Å². The number of carbonyl (C=O) groups is 1. The predicted molar refractivity (Wildman–Crippen MR) is 42.4 cm³/mol. The van der Waals surface area contributed by atoms with E-state index >= 15 is 0 Å². The highest BCUT2D eigenvalue weighted by atomic mass is 32.2. The second-order valence-corrected chi connectivity index (χ2v) is 3.77. The van der Waals surface area contributed by atoms with Crippen molar-refractivity contribution in [2.24, 2.45) is 5.73 Å².